The van der Waals surface area contributed by atoms with Crippen LogP contribution in [0.2, 0.25) is 0 Å². The summed E-state index contributed by atoms with van der Waals surface area (Å²) in [6, 6.07) is 0. The largest absolute Gasteiger partial charge is 0.395 e. The normalized spacial score (nSPS) is 11.6. The number of rotatable bonds is 3. The second kappa shape index (κ2) is 3.53. The van der Waals surface area contributed by atoms with Crippen LogP contribution in [0.3, 0.4) is 0 Å². The summed E-state index contributed by atoms with van der Waals surface area (Å²) in [6.07, 6.45) is -6.65. The van der Waals surface area contributed by atoms with Crippen molar-refractivity contribution in [3.63, 3.8) is 0 Å². The summed E-state index contributed by atoms with van der Waals surface area (Å²) in [6.45, 7) is -1.02. The molecule has 0 aliphatic heterocycles. The first-order chi connectivity index (χ1) is 4.45. The van der Waals surface area contributed by atoms with Crippen molar-refractivity contribution < 1.29 is 22.4 Å². The van der Waals surface area contributed by atoms with E-state index >= 15 is 0 Å². The van der Waals surface area contributed by atoms with E-state index in [0.717, 1.165) is 0 Å². The van der Waals surface area contributed by atoms with Crippen molar-refractivity contribution in [1.82, 2.24) is 0 Å². The van der Waals surface area contributed by atoms with E-state index in [1.165, 1.54) is 0 Å². The van der Waals surface area contributed by atoms with Crippen LogP contribution in [0, 0.1) is 0 Å². The Morgan fingerprint density at radius 2 is 1.80 bits per heavy atom. The Morgan fingerprint density at radius 3 is 2.10 bits per heavy atom. The zero-order chi connectivity index (χ0) is 8.20. The monoisotopic (exact) mass is 158 g/mol. The minimum atomic E-state index is -4.49. The summed E-state index contributed by atoms with van der Waals surface area (Å²) in [5.74, 6) is -1.10. The second-order valence-electron chi connectivity index (χ2n) is 1.77. The molecule has 0 rings (SSSR count). The maximum atomic E-state index is 11.3. The van der Waals surface area contributed by atoms with Gasteiger partial charge in [0.25, 0.3) is 0 Å². The van der Waals surface area contributed by atoms with Crippen molar-refractivity contribution in [2.24, 2.45) is 0 Å². The Morgan fingerprint density at radius 1 is 1.30 bits per heavy atom. The van der Waals surface area contributed by atoms with Gasteiger partial charge in [-0.15, -0.1) is 0 Å². The van der Waals surface area contributed by atoms with E-state index in [1.54, 1.807) is 0 Å². The lowest BCUT2D eigenvalue weighted by Gasteiger charge is -2.02. The number of carbonyl (C=O) groups excluding carboxylic acids is 1. The number of hydrogen-bond acceptors (Lipinski definition) is 1. The quantitative estimate of drug-likeness (QED) is 0.573. The molecule has 0 aromatic carbocycles. The number of halogens is 4. The van der Waals surface area contributed by atoms with Gasteiger partial charge in [0.1, 0.15) is 12.2 Å². The maximum absolute atomic E-state index is 11.3. The van der Waals surface area contributed by atoms with E-state index in [2.05, 4.69) is 0 Å². The highest BCUT2D eigenvalue weighted by Crippen LogP contribution is 2.20. The summed E-state index contributed by atoms with van der Waals surface area (Å²) < 4.78 is 45.1. The van der Waals surface area contributed by atoms with Crippen LogP contribution in [0.4, 0.5) is 17.6 Å². The molecule has 0 saturated carbocycles. The van der Waals surface area contributed by atoms with Gasteiger partial charge in [-0.1, -0.05) is 0 Å². The lowest BCUT2D eigenvalue weighted by atomic mass is 10.2. The van der Waals surface area contributed by atoms with Gasteiger partial charge < -0.3 is 0 Å². The Hall–Kier alpha value is -0.610. The van der Waals surface area contributed by atoms with Crippen molar-refractivity contribution in [3.8, 4) is 0 Å². The third-order valence-corrected chi connectivity index (χ3v) is 0.771. The summed E-state index contributed by atoms with van der Waals surface area (Å²) in [5, 5.41) is 0. The number of hydrogen-bond donors (Lipinski definition) is 0. The van der Waals surface area contributed by atoms with Gasteiger partial charge in [0.15, 0.2) is 0 Å². The topological polar surface area (TPSA) is 17.1 Å². The molecular formula is C5H6F4O. The van der Waals surface area contributed by atoms with Crippen molar-refractivity contribution >= 4 is 5.78 Å². The summed E-state index contributed by atoms with van der Waals surface area (Å²) in [4.78, 5) is 10.1. The molecule has 1 nitrogen and oxygen atoms in total. The van der Waals surface area contributed by atoms with E-state index < -0.39 is 31.5 Å². The first-order valence-electron chi connectivity index (χ1n) is 2.60. The number of ketones is 1. The van der Waals surface area contributed by atoms with Crippen molar-refractivity contribution in [3.05, 3.63) is 0 Å². The van der Waals surface area contributed by atoms with Crippen LogP contribution in [0.5, 0.6) is 0 Å². The Kier molecular flexibility index (Phi) is 3.32. The van der Waals surface area contributed by atoms with Crippen LogP contribution < -0.4 is 0 Å². The average Bonchev–Trinajstić information content (AvgIpc) is 1.59. The summed E-state index contributed by atoms with van der Waals surface area (Å²) >= 11 is 0. The Labute approximate surface area is 55.0 Å². The second-order valence-corrected chi connectivity index (χ2v) is 1.77. The molecule has 0 aliphatic carbocycles. The smallest absolute Gasteiger partial charge is 0.299 e. The van der Waals surface area contributed by atoms with Gasteiger partial charge in [-0.3, -0.25) is 9.18 Å². The Balaban J connectivity index is 3.58. The average molecular weight is 158 g/mol. The maximum Gasteiger partial charge on any atom is 0.395 e. The fraction of sp³-hybridized carbons (Fsp3) is 0.800. The minimum Gasteiger partial charge on any atom is -0.299 e. The minimum absolute atomic E-state index is 0.639. The van der Waals surface area contributed by atoms with Gasteiger partial charge >= 0.3 is 6.18 Å². The zero-order valence-electron chi connectivity index (χ0n) is 5.04. The van der Waals surface area contributed by atoms with E-state index in [0.29, 0.717) is 0 Å². The Bertz CT molecular complexity index is 117. The number of carbonyl (C=O) groups is 1. The third-order valence-electron chi connectivity index (χ3n) is 0.771. The van der Waals surface area contributed by atoms with Gasteiger partial charge in [-0.05, 0) is 0 Å². The molecule has 0 radical (unpaired) electrons. The number of alkyl halides is 4. The van der Waals surface area contributed by atoms with Crippen LogP contribution >= 0.6 is 0 Å². The van der Waals surface area contributed by atoms with Crippen LogP contribution in [-0.2, 0) is 4.79 Å². The van der Waals surface area contributed by atoms with Crippen molar-refractivity contribution in [2.75, 3.05) is 6.67 Å². The molecule has 0 saturated heterocycles. The molecule has 0 heterocycles. The van der Waals surface area contributed by atoms with Gasteiger partial charge in [-0.25, -0.2) is 0 Å². The van der Waals surface area contributed by atoms with Crippen molar-refractivity contribution in [1.29, 1.82) is 0 Å². The van der Waals surface area contributed by atoms with E-state index in [-0.39, 0.29) is 0 Å². The fourth-order valence-electron chi connectivity index (χ4n) is 0.417. The van der Waals surface area contributed by atoms with Crippen LogP contribution in [0.15, 0.2) is 0 Å². The highest BCUT2D eigenvalue weighted by atomic mass is 19.4. The molecule has 0 spiro atoms. The molecule has 0 bridgehead atoms. The lowest BCUT2D eigenvalue weighted by Crippen LogP contribution is -2.14. The predicted molar refractivity (Wildman–Crippen MR) is 26.3 cm³/mol. The highest BCUT2D eigenvalue weighted by Gasteiger charge is 2.30. The molecule has 10 heavy (non-hydrogen) atoms. The van der Waals surface area contributed by atoms with Gasteiger partial charge in [0.05, 0.1) is 6.67 Å². The molecular weight excluding hydrogens is 152 g/mol. The first-order valence-corrected chi connectivity index (χ1v) is 2.60. The van der Waals surface area contributed by atoms with Crippen molar-refractivity contribution in [2.45, 2.75) is 19.0 Å². The molecule has 0 amide bonds. The SMILES string of the molecule is O=C(CCF)CC(F)(F)F. The molecule has 0 aromatic heterocycles. The molecule has 5 heteroatoms. The predicted octanol–water partition coefficient (Wildman–Crippen LogP) is 1.87. The fourth-order valence-corrected chi connectivity index (χ4v) is 0.417. The van der Waals surface area contributed by atoms with Gasteiger partial charge in [0.2, 0.25) is 0 Å². The highest BCUT2D eigenvalue weighted by molar-refractivity contribution is 5.79. The third kappa shape index (κ3) is 5.53. The molecule has 0 N–H and O–H groups in total. The molecule has 0 aromatic rings. The summed E-state index contributed by atoms with van der Waals surface area (Å²) in [5.41, 5.74) is 0. The van der Waals surface area contributed by atoms with E-state index in [1.807, 2.05) is 0 Å². The van der Waals surface area contributed by atoms with E-state index in [4.69, 9.17) is 0 Å². The summed E-state index contributed by atoms with van der Waals surface area (Å²) in [7, 11) is 0. The number of Topliss-reactive ketones (excluding diaryl/α,β-unsaturated/α-hetero) is 1. The van der Waals surface area contributed by atoms with Gasteiger partial charge in [0, 0.05) is 6.42 Å². The van der Waals surface area contributed by atoms with Crippen LogP contribution in [-0.4, -0.2) is 18.6 Å². The standard InChI is InChI=1S/C5H6F4O/c6-2-1-4(10)3-5(7,8)9/h1-3H2. The molecule has 0 unspecified atom stereocenters. The molecule has 0 atom stereocenters. The molecule has 60 valence electrons. The van der Waals surface area contributed by atoms with E-state index in [9.17, 15) is 22.4 Å². The zero-order valence-corrected chi connectivity index (χ0v) is 5.04. The van der Waals surface area contributed by atoms with Crippen LogP contribution in [0.1, 0.15) is 12.8 Å². The van der Waals surface area contributed by atoms with Gasteiger partial charge in [-0.2, -0.15) is 13.2 Å². The molecule has 0 aliphatic rings. The first kappa shape index (κ1) is 9.39. The lowest BCUT2D eigenvalue weighted by molar-refractivity contribution is -0.152. The molecule has 0 fully saturated rings. The van der Waals surface area contributed by atoms with Crippen LogP contribution in [0.25, 0.3) is 0 Å².